The van der Waals surface area contributed by atoms with Gasteiger partial charge in [-0.25, -0.2) is 0 Å². The fourth-order valence-electron chi connectivity index (χ4n) is 3.24. The maximum absolute atomic E-state index is 12.9. The summed E-state index contributed by atoms with van der Waals surface area (Å²) in [6.07, 6.45) is 2.44. The van der Waals surface area contributed by atoms with Gasteiger partial charge in [-0.3, -0.25) is 14.5 Å². The number of amides is 2. The van der Waals surface area contributed by atoms with Gasteiger partial charge < -0.3 is 9.90 Å². The summed E-state index contributed by atoms with van der Waals surface area (Å²) in [7, 11) is 0. The van der Waals surface area contributed by atoms with Crippen LogP contribution in [0, 0.1) is 5.92 Å². The predicted molar refractivity (Wildman–Crippen MR) is 95.9 cm³/mol. The molecule has 2 aromatic carbocycles. The number of carboxylic acid groups (broad SMARTS) is 1. The molecule has 2 aromatic rings. The molecule has 0 aliphatic carbocycles. The Morgan fingerprint density at radius 2 is 1.88 bits per heavy atom. The summed E-state index contributed by atoms with van der Waals surface area (Å²) in [5, 5.41) is 10.6. The van der Waals surface area contributed by atoms with Gasteiger partial charge in [-0.15, -0.1) is 0 Å². The van der Waals surface area contributed by atoms with E-state index < -0.39 is 11.9 Å². The van der Waals surface area contributed by atoms with E-state index >= 15 is 0 Å². The van der Waals surface area contributed by atoms with Gasteiger partial charge in [0, 0.05) is 6.42 Å². The number of hydrogen-bond acceptors (Lipinski definition) is 4. The van der Waals surface area contributed by atoms with Gasteiger partial charge in [0.25, 0.3) is 0 Å². The lowest BCUT2D eigenvalue weighted by Crippen LogP contribution is -2.31. The van der Waals surface area contributed by atoms with Crippen molar-refractivity contribution in [3.63, 3.8) is 0 Å². The van der Waals surface area contributed by atoms with Crippen molar-refractivity contribution in [3.8, 4) is 0 Å². The number of carboxylic acids is 1. The third-order valence-electron chi connectivity index (χ3n) is 4.65. The van der Waals surface area contributed by atoms with Crippen LogP contribution in [-0.4, -0.2) is 17.8 Å². The standard InChI is InChI=1S/C21H19NO4/c1-14(16-7-3-2-4-8-16)18-13-19(23)22(21(18)26)17-9-5-6-15(12-17)10-11-20(24)25/h2-12,14,18H,13H2,1H3,(H,24,25)/p-1/b11-10+/t14-,18-/m0/s1. The van der Waals surface area contributed by atoms with Crippen molar-refractivity contribution in [3.05, 3.63) is 71.8 Å². The van der Waals surface area contributed by atoms with Gasteiger partial charge in [0.05, 0.1) is 17.6 Å². The van der Waals surface area contributed by atoms with Gasteiger partial charge >= 0.3 is 0 Å². The molecule has 3 rings (SSSR count). The van der Waals surface area contributed by atoms with Crippen LogP contribution >= 0.6 is 0 Å². The second-order valence-corrected chi connectivity index (χ2v) is 6.32. The molecule has 1 heterocycles. The summed E-state index contributed by atoms with van der Waals surface area (Å²) in [6.45, 7) is 1.95. The van der Waals surface area contributed by atoms with Crippen LogP contribution in [-0.2, 0) is 14.4 Å². The molecule has 1 aliphatic heterocycles. The average molecular weight is 348 g/mol. The highest BCUT2D eigenvalue weighted by molar-refractivity contribution is 6.21. The fraction of sp³-hybridized carbons (Fsp3) is 0.190. The van der Waals surface area contributed by atoms with E-state index in [0.717, 1.165) is 11.6 Å². The summed E-state index contributed by atoms with van der Waals surface area (Å²) < 4.78 is 0. The molecule has 5 heteroatoms. The van der Waals surface area contributed by atoms with Crippen LogP contribution in [0.4, 0.5) is 5.69 Å². The Bertz CT molecular complexity index is 873. The summed E-state index contributed by atoms with van der Waals surface area (Å²) >= 11 is 0. The van der Waals surface area contributed by atoms with Gasteiger partial charge in [-0.2, -0.15) is 0 Å². The van der Waals surface area contributed by atoms with Crippen molar-refractivity contribution < 1.29 is 19.5 Å². The van der Waals surface area contributed by atoms with Gasteiger partial charge in [0.15, 0.2) is 0 Å². The molecule has 2 amide bonds. The van der Waals surface area contributed by atoms with Crippen molar-refractivity contribution in [1.82, 2.24) is 0 Å². The van der Waals surface area contributed by atoms with Gasteiger partial charge in [0.1, 0.15) is 0 Å². The minimum Gasteiger partial charge on any atom is -0.545 e. The quantitative estimate of drug-likeness (QED) is 0.613. The number of hydrogen-bond donors (Lipinski definition) is 0. The van der Waals surface area contributed by atoms with E-state index in [1.165, 1.54) is 11.0 Å². The molecule has 0 unspecified atom stereocenters. The van der Waals surface area contributed by atoms with E-state index in [1.54, 1.807) is 24.3 Å². The SMILES string of the molecule is C[C@@H](c1ccccc1)[C@@H]1CC(=O)N(c2cccc(/C=C/C(=O)[O-])c2)C1=O. The van der Waals surface area contributed by atoms with Crippen molar-refractivity contribution in [2.24, 2.45) is 5.92 Å². The van der Waals surface area contributed by atoms with Gasteiger partial charge in [-0.05, 0) is 35.3 Å². The first-order valence-corrected chi connectivity index (χ1v) is 8.38. The van der Waals surface area contributed by atoms with Crippen LogP contribution in [0.3, 0.4) is 0 Å². The molecule has 1 fully saturated rings. The third-order valence-corrected chi connectivity index (χ3v) is 4.65. The first-order valence-electron chi connectivity index (χ1n) is 8.38. The second kappa shape index (κ2) is 7.35. The molecule has 1 saturated heterocycles. The van der Waals surface area contributed by atoms with Crippen LogP contribution in [0.15, 0.2) is 60.7 Å². The molecule has 0 saturated carbocycles. The number of benzene rings is 2. The topological polar surface area (TPSA) is 77.5 Å². The molecule has 0 radical (unpaired) electrons. The number of imide groups is 1. The molecular weight excluding hydrogens is 330 g/mol. The molecular formula is C21H18NO4-. The smallest absolute Gasteiger partial charge is 0.237 e. The van der Waals surface area contributed by atoms with Crippen LogP contribution in [0.5, 0.6) is 0 Å². The largest absolute Gasteiger partial charge is 0.545 e. The molecule has 2 atom stereocenters. The monoisotopic (exact) mass is 348 g/mol. The number of nitrogens with zero attached hydrogens (tertiary/aromatic N) is 1. The maximum Gasteiger partial charge on any atom is 0.237 e. The summed E-state index contributed by atoms with van der Waals surface area (Å²) in [5.74, 6) is -2.26. The lowest BCUT2D eigenvalue weighted by atomic mass is 9.86. The zero-order valence-corrected chi connectivity index (χ0v) is 14.3. The lowest BCUT2D eigenvalue weighted by molar-refractivity contribution is -0.297. The molecule has 5 nitrogen and oxygen atoms in total. The zero-order chi connectivity index (χ0) is 18.7. The second-order valence-electron chi connectivity index (χ2n) is 6.32. The summed E-state index contributed by atoms with van der Waals surface area (Å²) in [5.41, 5.74) is 2.04. The number of anilines is 1. The normalized spacial score (nSPS) is 18.5. The highest BCUT2D eigenvalue weighted by Gasteiger charge is 2.42. The summed E-state index contributed by atoms with van der Waals surface area (Å²) in [6, 6.07) is 16.3. The van der Waals surface area contributed by atoms with E-state index in [1.807, 2.05) is 37.3 Å². The van der Waals surface area contributed by atoms with E-state index in [9.17, 15) is 19.5 Å². The van der Waals surface area contributed by atoms with E-state index in [-0.39, 0.29) is 24.2 Å². The number of aliphatic carboxylic acids is 1. The highest BCUT2D eigenvalue weighted by atomic mass is 16.4. The molecule has 0 N–H and O–H groups in total. The molecule has 0 bridgehead atoms. The number of carbonyl (C=O) groups is 3. The Balaban J connectivity index is 1.86. The molecule has 0 aromatic heterocycles. The van der Waals surface area contributed by atoms with Crippen molar-refractivity contribution in [2.75, 3.05) is 4.90 Å². The van der Waals surface area contributed by atoms with Crippen molar-refractivity contribution >= 4 is 29.5 Å². The molecule has 1 aliphatic rings. The zero-order valence-electron chi connectivity index (χ0n) is 14.3. The van der Waals surface area contributed by atoms with Crippen LogP contribution in [0.25, 0.3) is 6.08 Å². The Morgan fingerprint density at radius 3 is 2.58 bits per heavy atom. The Kier molecular flexibility index (Phi) is 4.98. The minimum atomic E-state index is -1.31. The lowest BCUT2D eigenvalue weighted by Gasteiger charge is -2.19. The number of carbonyl (C=O) groups excluding carboxylic acids is 3. The Morgan fingerprint density at radius 1 is 1.15 bits per heavy atom. The first-order chi connectivity index (χ1) is 12.5. The third kappa shape index (κ3) is 3.57. The van der Waals surface area contributed by atoms with Crippen molar-refractivity contribution in [1.29, 1.82) is 0 Å². The van der Waals surface area contributed by atoms with E-state index in [4.69, 9.17) is 0 Å². The molecule has 26 heavy (non-hydrogen) atoms. The minimum absolute atomic E-state index is 0.0705. The maximum atomic E-state index is 12.9. The van der Waals surface area contributed by atoms with Crippen LogP contribution < -0.4 is 10.0 Å². The van der Waals surface area contributed by atoms with Gasteiger partial charge in [0.2, 0.25) is 11.8 Å². The van der Waals surface area contributed by atoms with Crippen LogP contribution in [0.2, 0.25) is 0 Å². The predicted octanol–water partition coefficient (Wildman–Crippen LogP) is 2.13. The molecule has 0 spiro atoms. The van der Waals surface area contributed by atoms with E-state index in [0.29, 0.717) is 11.3 Å². The first kappa shape index (κ1) is 17.6. The number of rotatable bonds is 5. The Hall–Kier alpha value is -3.21. The van der Waals surface area contributed by atoms with Gasteiger partial charge in [-0.1, -0.05) is 55.5 Å². The van der Waals surface area contributed by atoms with Crippen LogP contribution in [0.1, 0.15) is 30.4 Å². The van der Waals surface area contributed by atoms with E-state index in [2.05, 4.69) is 0 Å². The average Bonchev–Trinajstić information content (AvgIpc) is 2.94. The molecule has 132 valence electrons. The van der Waals surface area contributed by atoms with Crippen molar-refractivity contribution in [2.45, 2.75) is 19.3 Å². The highest BCUT2D eigenvalue weighted by Crippen LogP contribution is 2.36. The summed E-state index contributed by atoms with van der Waals surface area (Å²) in [4.78, 5) is 37.1. The Labute approximate surface area is 151 Å². The fourth-order valence-corrected chi connectivity index (χ4v) is 3.24.